The van der Waals surface area contributed by atoms with Crippen molar-refractivity contribution in [3.63, 3.8) is 0 Å². The van der Waals surface area contributed by atoms with Crippen molar-refractivity contribution < 1.29 is 22.6 Å². The maximum Gasteiger partial charge on any atom is 0.573 e. The van der Waals surface area contributed by atoms with Gasteiger partial charge in [0, 0.05) is 6.07 Å². The van der Waals surface area contributed by atoms with Crippen molar-refractivity contribution in [3.05, 3.63) is 23.3 Å². The topological polar surface area (TPSA) is 18.5 Å². The second-order valence-electron chi connectivity index (χ2n) is 4.24. The summed E-state index contributed by atoms with van der Waals surface area (Å²) in [7, 11) is 0. The van der Waals surface area contributed by atoms with Gasteiger partial charge in [-0.1, -0.05) is 0 Å². The lowest BCUT2D eigenvalue weighted by Gasteiger charge is -2.24. The van der Waals surface area contributed by atoms with E-state index in [0.717, 1.165) is 18.4 Å². The van der Waals surface area contributed by atoms with Gasteiger partial charge in [0.1, 0.15) is 11.5 Å². The minimum absolute atomic E-state index is 0.0314. The van der Waals surface area contributed by atoms with E-state index < -0.39 is 6.36 Å². The molecule has 1 aliphatic rings. The molecule has 94 valence electrons. The molecule has 0 radical (unpaired) electrons. The van der Waals surface area contributed by atoms with Gasteiger partial charge in [-0.15, -0.1) is 13.2 Å². The number of ether oxygens (including phenoxy) is 2. The fraction of sp³-hybridized carbons (Fsp3) is 0.500. The molecule has 1 unspecified atom stereocenters. The number of fused-ring (bicyclic) bond motifs is 1. The molecule has 0 saturated carbocycles. The predicted octanol–water partition coefficient (Wildman–Crippen LogP) is 3.61. The third-order valence-corrected chi connectivity index (χ3v) is 2.73. The van der Waals surface area contributed by atoms with Crippen LogP contribution >= 0.6 is 0 Å². The summed E-state index contributed by atoms with van der Waals surface area (Å²) in [5, 5.41) is 0. The molecule has 2 rings (SSSR count). The Hall–Kier alpha value is -1.39. The van der Waals surface area contributed by atoms with Crippen LogP contribution in [-0.4, -0.2) is 12.5 Å². The first kappa shape index (κ1) is 12.1. The van der Waals surface area contributed by atoms with Crippen molar-refractivity contribution >= 4 is 0 Å². The normalized spacial score (nSPS) is 19.5. The third kappa shape index (κ3) is 2.84. The molecule has 0 aromatic heterocycles. The number of alkyl halides is 3. The van der Waals surface area contributed by atoms with Crippen molar-refractivity contribution in [2.45, 2.75) is 39.2 Å². The van der Waals surface area contributed by atoms with Gasteiger partial charge in [-0.2, -0.15) is 0 Å². The monoisotopic (exact) mass is 246 g/mol. The highest BCUT2D eigenvalue weighted by Crippen LogP contribution is 2.36. The molecule has 0 bridgehead atoms. The molecule has 0 spiro atoms. The van der Waals surface area contributed by atoms with E-state index in [1.54, 1.807) is 13.0 Å². The van der Waals surface area contributed by atoms with Crippen LogP contribution in [0.15, 0.2) is 12.1 Å². The minimum atomic E-state index is -4.67. The van der Waals surface area contributed by atoms with Crippen LogP contribution in [0.3, 0.4) is 0 Å². The summed E-state index contributed by atoms with van der Waals surface area (Å²) in [6.45, 7) is 3.49. The Balaban J connectivity index is 2.32. The van der Waals surface area contributed by atoms with E-state index in [4.69, 9.17) is 4.74 Å². The van der Waals surface area contributed by atoms with Gasteiger partial charge < -0.3 is 9.47 Å². The van der Waals surface area contributed by atoms with Crippen LogP contribution in [0, 0.1) is 6.92 Å². The van der Waals surface area contributed by atoms with Gasteiger partial charge in [-0.25, -0.2) is 0 Å². The molecule has 0 fully saturated rings. The van der Waals surface area contributed by atoms with Crippen LogP contribution in [0.5, 0.6) is 11.5 Å². The average molecular weight is 246 g/mol. The second kappa shape index (κ2) is 4.13. The Morgan fingerprint density at radius 1 is 1.35 bits per heavy atom. The molecule has 0 saturated heterocycles. The van der Waals surface area contributed by atoms with E-state index in [0.29, 0.717) is 11.3 Å². The summed E-state index contributed by atoms with van der Waals surface area (Å²) < 4.78 is 45.9. The molecule has 2 nitrogen and oxygen atoms in total. The smallest absolute Gasteiger partial charge is 0.490 e. The Kier molecular flexibility index (Phi) is 2.93. The minimum Gasteiger partial charge on any atom is -0.490 e. The fourth-order valence-electron chi connectivity index (χ4n) is 1.90. The van der Waals surface area contributed by atoms with E-state index in [1.165, 1.54) is 6.07 Å². The Labute approximate surface area is 97.3 Å². The number of hydrogen-bond donors (Lipinski definition) is 0. The molecule has 1 heterocycles. The molecule has 1 aromatic rings. The van der Waals surface area contributed by atoms with E-state index in [1.807, 2.05) is 6.92 Å². The van der Waals surface area contributed by atoms with Gasteiger partial charge in [0.05, 0.1) is 6.10 Å². The van der Waals surface area contributed by atoms with Crippen LogP contribution in [0.25, 0.3) is 0 Å². The second-order valence-corrected chi connectivity index (χ2v) is 4.24. The lowest BCUT2D eigenvalue weighted by Crippen LogP contribution is -2.21. The highest BCUT2D eigenvalue weighted by molar-refractivity contribution is 5.47. The zero-order chi connectivity index (χ0) is 12.6. The van der Waals surface area contributed by atoms with Crippen LogP contribution in [-0.2, 0) is 6.42 Å². The van der Waals surface area contributed by atoms with Gasteiger partial charge in [-0.05, 0) is 43.9 Å². The van der Waals surface area contributed by atoms with Crippen molar-refractivity contribution in [3.8, 4) is 11.5 Å². The molecule has 5 heteroatoms. The quantitative estimate of drug-likeness (QED) is 0.753. The maximum atomic E-state index is 12.2. The summed E-state index contributed by atoms with van der Waals surface area (Å²) in [4.78, 5) is 0. The lowest BCUT2D eigenvalue weighted by atomic mass is 10.0. The Morgan fingerprint density at radius 2 is 2.06 bits per heavy atom. The van der Waals surface area contributed by atoms with Gasteiger partial charge >= 0.3 is 6.36 Å². The van der Waals surface area contributed by atoms with Crippen LogP contribution in [0.2, 0.25) is 0 Å². The molecule has 0 aliphatic carbocycles. The summed E-state index contributed by atoms with van der Waals surface area (Å²) >= 11 is 0. The third-order valence-electron chi connectivity index (χ3n) is 2.73. The van der Waals surface area contributed by atoms with Crippen molar-refractivity contribution in [1.82, 2.24) is 0 Å². The van der Waals surface area contributed by atoms with Gasteiger partial charge in [0.15, 0.2) is 0 Å². The summed E-state index contributed by atoms with van der Waals surface area (Å²) in [5.74, 6) is 0.305. The average Bonchev–Trinajstić information content (AvgIpc) is 2.17. The molecular weight excluding hydrogens is 233 g/mol. The molecule has 1 aliphatic heterocycles. The molecule has 1 aromatic carbocycles. The Bertz CT molecular complexity index is 426. The number of aryl methyl sites for hydroxylation is 2. The lowest BCUT2D eigenvalue weighted by molar-refractivity contribution is -0.274. The zero-order valence-electron chi connectivity index (χ0n) is 9.60. The van der Waals surface area contributed by atoms with E-state index in [2.05, 4.69) is 4.74 Å². The van der Waals surface area contributed by atoms with Crippen LogP contribution in [0.4, 0.5) is 13.2 Å². The molecule has 0 amide bonds. The highest BCUT2D eigenvalue weighted by atomic mass is 19.4. The zero-order valence-corrected chi connectivity index (χ0v) is 9.60. The number of halogens is 3. The van der Waals surface area contributed by atoms with Gasteiger partial charge in [0.25, 0.3) is 0 Å². The van der Waals surface area contributed by atoms with Gasteiger partial charge in [-0.3, -0.25) is 0 Å². The Morgan fingerprint density at radius 3 is 2.71 bits per heavy atom. The largest absolute Gasteiger partial charge is 0.573 e. The van der Waals surface area contributed by atoms with Crippen molar-refractivity contribution in [2.75, 3.05) is 0 Å². The number of rotatable bonds is 1. The van der Waals surface area contributed by atoms with Crippen LogP contribution in [0.1, 0.15) is 24.5 Å². The first-order valence-electron chi connectivity index (χ1n) is 5.41. The highest BCUT2D eigenvalue weighted by Gasteiger charge is 2.32. The van der Waals surface area contributed by atoms with E-state index >= 15 is 0 Å². The molecule has 1 atom stereocenters. The van der Waals surface area contributed by atoms with Crippen molar-refractivity contribution in [1.29, 1.82) is 0 Å². The van der Waals surface area contributed by atoms with Gasteiger partial charge in [0.2, 0.25) is 0 Å². The fourth-order valence-corrected chi connectivity index (χ4v) is 1.90. The van der Waals surface area contributed by atoms with Crippen molar-refractivity contribution in [2.24, 2.45) is 0 Å². The summed E-state index contributed by atoms with van der Waals surface area (Å²) in [6.07, 6.45) is -2.93. The van der Waals surface area contributed by atoms with Crippen LogP contribution < -0.4 is 9.47 Å². The number of benzene rings is 1. The summed E-state index contributed by atoms with van der Waals surface area (Å²) in [6, 6.07) is 3.02. The summed E-state index contributed by atoms with van der Waals surface area (Å²) in [5.41, 5.74) is 1.41. The predicted molar refractivity (Wildman–Crippen MR) is 56.3 cm³/mol. The first-order valence-corrected chi connectivity index (χ1v) is 5.41. The first-order chi connectivity index (χ1) is 7.85. The molecular formula is C12H13F3O2. The number of hydrogen-bond acceptors (Lipinski definition) is 2. The molecule has 17 heavy (non-hydrogen) atoms. The molecule has 0 N–H and O–H groups in total. The SMILES string of the molecule is Cc1cc2c(cc1OC(F)(F)F)OC(C)CC2. The van der Waals surface area contributed by atoms with E-state index in [-0.39, 0.29) is 11.9 Å². The standard InChI is InChI=1S/C12H13F3O2/c1-7-5-9-4-3-8(2)16-11(9)6-10(7)17-12(13,14)15/h5-6,8H,3-4H2,1-2H3. The maximum absolute atomic E-state index is 12.2. The van der Waals surface area contributed by atoms with E-state index in [9.17, 15) is 13.2 Å².